The third-order valence-corrected chi connectivity index (χ3v) is 5.22. The molecule has 7 heteroatoms. The molecular weight excluding hydrogens is 373 g/mol. The van der Waals surface area contributed by atoms with E-state index in [1.807, 2.05) is 35.9 Å². The smallest absolute Gasteiger partial charge is 0.311 e. The number of carbonyl (C=O) groups excluding carboxylic acids is 2. The van der Waals surface area contributed by atoms with Crippen molar-refractivity contribution in [1.82, 2.24) is 14.3 Å². The van der Waals surface area contributed by atoms with Crippen molar-refractivity contribution in [3.05, 3.63) is 71.4 Å². The number of benzene rings is 1. The Hall–Kier alpha value is -3.22. The molecule has 1 atom stereocenters. The fraction of sp³-hybridized carbons (Fsp3) is 0.318. The highest BCUT2D eigenvalue weighted by atomic mass is 19.1. The molecule has 4 rings (SSSR count). The number of nitrogens with zero attached hydrogens (tertiary/aromatic N) is 3. The van der Waals surface area contributed by atoms with Gasteiger partial charge in [-0.1, -0.05) is 6.07 Å². The average Bonchev–Trinajstić information content (AvgIpc) is 3.17. The summed E-state index contributed by atoms with van der Waals surface area (Å²) in [6.07, 6.45) is 5.15. The van der Waals surface area contributed by atoms with Crippen molar-refractivity contribution in [3.63, 3.8) is 0 Å². The van der Waals surface area contributed by atoms with Crippen LogP contribution in [0.3, 0.4) is 0 Å². The summed E-state index contributed by atoms with van der Waals surface area (Å²) in [6.45, 7) is 2.96. The lowest BCUT2D eigenvalue weighted by Crippen LogP contribution is -2.42. The van der Waals surface area contributed by atoms with Gasteiger partial charge in [-0.15, -0.1) is 0 Å². The number of rotatable bonds is 4. The van der Waals surface area contributed by atoms with Gasteiger partial charge in [0, 0.05) is 31.0 Å². The Morgan fingerprint density at radius 3 is 2.79 bits per heavy atom. The maximum Gasteiger partial charge on any atom is 0.311 e. The van der Waals surface area contributed by atoms with Gasteiger partial charge in [-0.3, -0.25) is 9.59 Å². The van der Waals surface area contributed by atoms with Crippen LogP contribution in [-0.2, 0) is 16.1 Å². The summed E-state index contributed by atoms with van der Waals surface area (Å²) in [6, 6.07) is 9.37. The first-order valence-electron chi connectivity index (χ1n) is 9.66. The van der Waals surface area contributed by atoms with E-state index < -0.39 is 0 Å². The van der Waals surface area contributed by atoms with Crippen molar-refractivity contribution < 1.29 is 18.7 Å². The molecular formula is C22H22FN3O3. The molecule has 0 saturated carbocycles. The standard InChI is InChI=1S/C22H22FN3O3/c1-15-4-2-10-25-13-19(24-20(15)25)14-29-22(28)17-5-3-11-26(12-17)21(27)16-6-8-18(23)9-7-16/h2,4,6-10,13,17H,3,5,11-12,14H2,1H3. The van der Waals surface area contributed by atoms with Gasteiger partial charge >= 0.3 is 5.97 Å². The molecule has 1 aliphatic rings. The minimum atomic E-state index is -0.385. The monoisotopic (exact) mass is 395 g/mol. The zero-order chi connectivity index (χ0) is 20.4. The topological polar surface area (TPSA) is 63.9 Å². The summed E-state index contributed by atoms with van der Waals surface area (Å²) >= 11 is 0. The zero-order valence-electron chi connectivity index (χ0n) is 16.2. The number of likely N-dealkylation sites (tertiary alicyclic amines) is 1. The van der Waals surface area contributed by atoms with Crippen LogP contribution in [0, 0.1) is 18.7 Å². The van der Waals surface area contributed by atoms with E-state index in [0.29, 0.717) is 30.8 Å². The van der Waals surface area contributed by atoms with Crippen LogP contribution in [0.1, 0.15) is 34.5 Å². The summed E-state index contributed by atoms with van der Waals surface area (Å²) < 4.78 is 20.5. The third kappa shape index (κ3) is 4.13. The molecule has 0 aliphatic carbocycles. The Kier molecular flexibility index (Phi) is 5.29. The largest absolute Gasteiger partial charge is 0.459 e. The average molecular weight is 395 g/mol. The summed E-state index contributed by atoms with van der Waals surface area (Å²) in [4.78, 5) is 31.3. The van der Waals surface area contributed by atoms with Gasteiger partial charge in [0.25, 0.3) is 5.91 Å². The van der Waals surface area contributed by atoms with Crippen LogP contribution in [0.2, 0.25) is 0 Å². The molecule has 3 aromatic rings. The van der Waals surface area contributed by atoms with Crippen LogP contribution < -0.4 is 0 Å². The first kappa shape index (κ1) is 19.1. The van der Waals surface area contributed by atoms with Gasteiger partial charge in [0.2, 0.25) is 0 Å². The van der Waals surface area contributed by atoms with Gasteiger partial charge < -0.3 is 14.0 Å². The minimum absolute atomic E-state index is 0.0996. The maximum absolute atomic E-state index is 13.1. The Balaban J connectivity index is 1.37. The number of fused-ring (bicyclic) bond motifs is 1. The van der Waals surface area contributed by atoms with E-state index in [2.05, 4.69) is 4.98 Å². The highest BCUT2D eigenvalue weighted by molar-refractivity contribution is 5.94. The van der Waals surface area contributed by atoms with E-state index in [0.717, 1.165) is 17.6 Å². The second-order valence-electron chi connectivity index (χ2n) is 7.36. The molecule has 0 spiro atoms. The molecule has 0 radical (unpaired) electrons. The maximum atomic E-state index is 13.1. The van der Waals surface area contributed by atoms with Gasteiger partial charge in [-0.05, 0) is 55.7 Å². The molecule has 3 heterocycles. The summed E-state index contributed by atoms with van der Waals surface area (Å²) in [5.41, 5.74) is 2.99. The Labute approximate surface area is 167 Å². The van der Waals surface area contributed by atoms with Crippen LogP contribution in [-0.4, -0.2) is 39.3 Å². The number of piperidine rings is 1. The van der Waals surface area contributed by atoms with E-state index in [9.17, 15) is 14.0 Å². The molecule has 1 saturated heterocycles. The predicted octanol–water partition coefficient (Wildman–Crippen LogP) is 3.38. The number of carbonyl (C=O) groups is 2. The highest BCUT2D eigenvalue weighted by Crippen LogP contribution is 2.21. The Morgan fingerprint density at radius 1 is 1.24 bits per heavy atom. The molecule has 6 nitrogen and oxygen atoms in total. The number of halogens is 1. The van der Waals surface area contributed by atoms with Gasteiger partial charge in [0.05, 0.1) is 11.6 Å². The first-order valence-corrected chi connectivity index (χ1v) is 9.66. The normalized spacial score (nSPS) is 16.8. The van der Waals surface area contributed by atoms with Crippen LogP contribution in [0.25, 0.3) is 5.65 Å². The number of ether oxygens (including phenoxy) is 1. The fourth-order valence-corrected chi connectivity index (χ4v) is 3.67. The number of hydrogen-bond donors (Lipinski definition) is 0. The first-order chi connectivity index (χ1) is 14.0. The number of aromatic nitrogens is 2. The van der Waals surface area contributed by atoms with Crippen molar-refractivity contribution >= 4 is 17.5 Å². The molecule has 1 aliphatic heterocycles. The SMILES string of the molecule is Cc1cccn2cc(COC(=O)C3CCCN(C(=O)c4ccc(F)cc4)C3)nc12. The van der Waals surface area contributed by atoms with Crippen molar-refractivity contribution in [2.24, 2.45) is 5.92 Å². The molecule has 1 amide bonds. The molecule has 0 bridgehead atoms. The van der Waals surface area contributed by atoms with E-state index in [-0.39, 0.29) is 30.2 Å². The van der Waals surface area contributed by atoms with Crippen LogP contribution in [0.4, 0.5) is 4.39 Å². The fourth-order valence-electron chi connectivity index (χ4n) is 3.67. The van der Waals surface area contributed by atoms with E-state index in [4.69, 9.17) is 4.74 Å². The molecule has 1 unspecified atom stereocenters. The second kappa shape index (κ2) is 8.03. The highest BCUT2D eigenvalue weighted by Gasteiger charge is 2.30. The lowest BCUT2D eigenvalue weighted by molar-refractivity contribution is -0.151. The summed E-state index contributed by atoms with van der Waals surface area (Å²) in [5, 5.41) is 0. The number of hydrogen-bond acceptors (Lipinski definition) is 4. The van der Waals surface area contributed by atoms with E-state index in [1.54, 1.807) is 4.90 Å². The van der Waals surface area contributed by atoms with Gasteiger partial charge in [0.15, 0.2) is 0 Å². The summed E-state index contributed by atoms with van der Waals surface area (Å²) in [5.74, 6) is -1.27. The van der Waals surface area contributed by atoms with Gasteiger partial charge in [0.1, 0.15) is 18.1 Å². The number of amides is 1. The van der Waals surface area contributed by atoms with Crippen molar-refractivity contribution in [2.45, 2.75) is 26.4 Å². The molecule has 2 aromatic heterocycles. The number of esters is 1. The lowest BCUT2D eigenvalue weighted by atomic mass is 9.97. The quantitative estimate of drug-likeness (QED) is 0.636. The van der Waals surface area contributed by atoms with E-state index in [1.165, 1.54) is 24.3 Å². The minimum Gasteiger partial charge on any atom is -0.459 e. The van der Waals surface area contributed by atoms with Crippen LogP contribution in [0.15, 0.2) is 48.8 Å². The molecule has 1 aromatic carbocycles. The predicted molar refractivity (Wildman–Crippen MR) is 105 cm³/mol. The van der Waals surface area contributed by atoms with Crippen LogP contribution in [0.5, 0.6) is 0 Å². The Bertz CT molecular complexity index is 1050. The molecule has 29 heavy (non-hydrogen) atoms. The van der Waals surface area contributed by atoms with Crippen LogP contribution >= 0.6 is 0 Å². The zero-order valence-corrected chi connectivity index (χ0v) is 16.2. The van der Waals surface area contributed by atoms with Gasteiger partial charge in [-0.2, -0.15) is 0 Å². The number of aryl methyl sites for hydroxylation is 1. The van der Waals surface area contributed by atoms with Crippen molar-refractivity contribution in [2.75, 3.05) is 13.1 Å². The molecule has 0 N–H and O–H groups in total. The van der Waals surface area contributed by atoms with E-state index >= 15 is 0 Å². The van der Waals surface area contributed by atoms with Crippen molar-refractivity contribution in [1.29, 1.82) is 0 Å². The second-order valence-corrected chi connectivity index (χ2v) is 7.36. The molecule has 1 fully saturated rings. The Morgan fingerprint density at radius 2 is 2.03 bits per heavy atom. The number of pyridine rings is 1. The van der Waals surface area contributed by atoms with Gasteiger partial charge in [-0.25, -0.2) is 9.37 Å². The third-order valence-electron chi connectivity index (χ3n) is 5.22. The lowest BCUT2D eigenvalue weighted by Gasteiger charge is -2.31. The number of imidazole rings is 1. The summed E-state index contributed by atoms with van der Waals surface area (Å²) in [7, 11) is 0. The van der Waals surface area contributed by atoms with Crippen molar-refractivity contribution in [3.8, 4) is 0 Å². The molecule has 150 valence electrons.